The van der Waals surface area contributed by atoms with Crippen LogP contribution in [0.4, 0.5) is 5.82 Å². The van der Waals surface area contributed by atoms with Crippen LogP contribution in [0.5, 0.6) is 0 Å². The molecule has 0 saturated heterocycles. The van der Waals surface area contributed by atoms with Gasteiger partial charge in [0, 0.05) is 36.1 Å². The summed E-state index contributed by atoms with van der Waals surface area (Å²) >= 11 is 0. The van der Waals surface area contributed by atoms with Gasteiger partial charge in [-0.25, -0.2) is 0 Å². The Hall–Kier alpha value is -1.78. The predicted octanol–water partition coefficient (Wildman–Crippen LogP) is 3.70. The van der Waals surface area contributed by atoms with E-state index in [2.05, 4.69) is 53.4 Å². The van der Waals surface area contributed by atoms with Gasteiger partial charge in [-0.05, 0) is 33.6 Å². The van der Waals surface area contributed by atoms with E-state index < -0.39 is 0 Å². The van der Waals surface area contributed by atoms with Crippen molar-refractivity contribution in [2.45, 2.75) is 65.1 Å². The van der Waals surface area contributed by atoms with Crippen LogP contribution in [0.3, 0.4) is 0 Å². The highest BCUT2D eigenvalue weighted by Crippen LogP contribution is 2.28. The maximum Gasteiger partial charge on any atom is 0.151 e. The first-order chi connectivity index (χ1) is 10.1. The van der Waals surface area contributed by atoms with Gasteiger partial charge in [0.1, 0.15) is 0 Å². The lowest BCUT2D eigenvalue weighted by Gasteiger charge is -2.08. The minimum Gasteiger partial charge on any atom is -0.364 e. The van der Waals surface area contributed by atoms with Crippen LogP contribution in [0, 0.1) is 6.92 Å². The summed E-state index contributed by atoms with van der Waals surface area (Å²) in [5.41, 5.74) is 2.41. The van der Waals surface area contributed by atoms with E-state index in [0.717, 1.165) is 12.4 Å². The van der Waals surface area contributed by atoms with Gasteiger partial charge in [-0.3, -0.25) is 9.36 Å². The predicted molar refractivity (Wildman–Crippen MR) is 84.4 cm³/mol. The van der Waals surface area contributed by atoms with E-state index in [1.807, 2.05) is 10.9 Å². The standard InChI is InChI=1S/C16H25N5/c1-12(2)20-10-13(3)16(19-20)17-8-14-9-18-21(11-14)15-6-4-5-7-15/h9-12,15H,4-8H2,1-3H3,(H,17,19). The molecule has 0 spiro atoms. The van der Waals surface area contributed by atoms with Crippen LogP contribution >= 0.6 is 0 Å². The molecule has 0 atom stereocenters. The first kappa shape index (κ1) is 14.2. The van der Waals surface area contributed by atoms with Crippen molar-refractivity contribution in [3.05, 3.63) is 29.7 Å². The van der Waals surface area contributed by atoms with Gasteiger partial charge in [0.15, 0.2) is 5.82 Å². The van der Waals surface area contributed by atoms with Crippen LogP contribution in [0.25, 0.3) is 0 Å². The van der Waals surface area contributed by atoms with Crippen molar-refractivity contribution in [3.63, 3.8) is 0 Å². The zero-order valence-electron chi connectivity index (χ0n) is 13.2. The molecule has 21 heavy (non-hydrogen) atoms. The van der Waals surface area contributed by atoms with E-state index in [9.17, 15) is 0 Å². The summed E-state index contributed by atoms with van der Waals surface area (Å²) in [6.07, 6.45) is 11.5. The molecule has 5 nitrogen and oxygen atoms in total. The summed E-state index contributed by atoms with van der Waals surface area (Å²) in [5.74, 6) is 0.970. The SMILES string of the molecule is Cc1cn(C(C)C)nc1NCc1cnn(C2CCCC2)c1. The third-order valence-corrected chi connectivity index (χ3v) is 4.26. The van der Waals surface area contributed by atoms with Crippen molar-refractivity contribution in [2.24, 2.45) is 0 Å². The lowest BCUT2D eigenvalue weighted by molar-refractivity contribution is 0.466. The summed E-state index contributed by atoms with van der Waals surface area (Å²) in [4.78, 5) is 0. The van der Waals surface area contributed by atoms with E-state index in [0.29, 0.717) is 12.1 Å². The maximum atomic E-state index is 4.59. The van der Waals surface area contributed by atoms with Crippen molar-refractivity contribution in [1.29, 1.82) is 0 Å². The van der Waals surface area contributed by atoms with Crippen LogP contribution in [-0.2, 0) is 6.54 Å². The number of aromatic nitrogens is 4. The Labute approximate surface area is 126 Å². The summed E-state index contributed by atoms with van der Waals surface area (Å²) in [5, 5.41) is 12.5. The van der Waals surface area contributed by atoms with Crippen molar-refractivity contribution < 1.29 is 0 Å². The molecule has 0 bridgehead atoms. The van der Waals surface area contributed by atoms with Crippen LogP contribution in [0.1, 0.15) is 62.7 Å². The number of nitrogens with one attached hydrogen (secondary N) is 1. The van der Waals surface area contributed by atoms with Crippen LogP contribution < -0.4 is 5.32 Å². The fourth-order valence-corrected chi connectivity index (χ4v) is 2.95. The Morgan fingerprint density at radius 1 is 1.29 bits per heavy atom. The number of rotatable bonds is 5. The Kier molecular flexibility index (Phi) is 3.99. The highest BCUT2D eigenvalue weighted by Gasteiger charge is 2.17. The number of anilines is 1. The normalized spacial score (nSPS) is 16.0. The van der Waals surface area contributed by atoms with Gasteiger partial charge in [0.2, 0.25) is 0 Å². The smallest absolute Gasteiger partial charge is 0.151 e. The van der Waals surface area contributed by atoms with E-state index in [1.165, 1.54) is 36.8 Å². The highest BCUT2D eigenvalue weighted by atomic mass is 15.3. The summed E-state index contributed by atoms with van der Waals surface area (Å²) in [7, 11) is 0. The van der Waals surface area contributed by atoms with Gasteiger partial charge >= 0.3 is 0 Å². The molecule has 0 amide bonds. The average molecular weight is 287 g/mol. The summed E-state index contributed by atoms with van der Waals surface area (Å²) < 4.78 is 4.14. The first-order valence-corrected chi connectivity index (χ1v) is 7.96. The van der Waals surface area contributed by atoms with E-state index in [-0.39, 0.29) is 0 Å². The molecule has 1 aliphatic carbocycles. The quantitative estimate of drug-likeness (QED) is 0.912. The van der Waals surface area contributed by atoms with Crippen molar-refractivity contribution >= 4 is 5.82 Å². The third-order valence-electron chi connectivity index (χ3n) is 4.26. The maximum absolute atomic E-state index is 4.59. The molecule has 0 aromatic carbocycles. The number of aryl methyl sites for hydroxylation is 1. The van der Waals surface area contributed by atoms with Crippen LogP contribution in [0.15, 0.2) is 18.6 Å². The van der Waals surface area contributed by atoms with Crippen molar-refractivity contribution in [1.82, 2.24) is 19.6 Å². The summed E-state index contributed by atoms with van der Waals surface area (Å²) in [6, 6.07) is 1.00. The second-order valence-electron chi connectivity index (χ2n) is 6.35. The lowest BCUT2D eigenvalue weighted by Crippen LogP contribution is -2.05. The Morgan fingerprint density at radius 2 is 2.05 bits per heavy atom. The molecule has 0 radical (unpaired) electrons. The second kappa shape index (κ2) is 5.92. The zero-order valence-corrected chi connectivity index (χ0v) is 13.2. The van der Waals surface area contributed by atoms with Gasteiger partial charge in [0.05, 0.1) is 12.2 Å². The molecule has 5 heteroatoms. The molecule has 1 aliphatic rings. The average Bonchev–Trinajstić information content (AvgIpc) is 3.17. The first-order valence-electron chi connectivity index (χ1n) is 7.96. The van der Waals surface area contributed by atoms with Gasteiger partial charge < -0.3 is 5.32 Å². The third kappa shape index (κ3) is 3.12. The molecule has 0 aliphatic heterocycles. The van der Waals surface area contributed by atoms with E-state index >= 15 is 0 Å². The fourth-order valence-electron chi connectivity index (χ4n) is 2.95. The lowest BCUT2D eigenvalue weighted by atomic mass is 10.2. The monoisotopic (exact) mass is 287 g/mol. The number of hydrogen-bond acceptors (Lipinski definition) is 3. The molecule has 0 unspecified atom stereocenters. The van der Waals surface area contributed by atoms with Crippen molar-refractivity contribution in [3.8, 4) is 0 Å². The van der Waals surface area contributed by atoms with Gasteiger partial charge in [0.25, 0.3) is 0 Å². The Bertz CT molecular complexity index is 590. The van der Waals surface area contributed by atoms with Crippen LogP contribution in [-0.4, -0.2) is 19.6 Å². The minimum atomic E-state index is 0.393. The number of nitrogens with zero attached hydrogens (tertiary/aromatic N) is 4. The molecule has 1 N–H and O–H groups in total. The topological polar surface area (TPSA) is 47.7 Å². The van der Waals surface area contributed by atoms with Crippen LogP contribution in [0.2, 0.25) is 0 Å². The second-order valence-corrected chi connectivity index (χ2v) is 6.35. The minimum absolute atomic E-state index is 0.393. The fraction of sp³-hybridized carbons (Fsp3) is 0.625. The van der Waals surface area contributed by atoms with Crippen molar-refractivity contribution in [2.75, 3.05) is 5.32 Å². The molecule has 3 rings (SSSR count). The molecule has 1 saturated carbocycles. The molecule has 114 valence electrons. The van der Waals surface area contributed by atoms with E-state index in [4.69, 9.17) is 0 Å². The Morgan fingerprint density at radius 3 is 2.71 bits per heavy atom. The molecule has 2 aromatic heterocycles. The van der Waals surface area contributed by atoms with E-state index in [1.54, 1.807) is 0 Å². The zero-order chi connectivity index (χ0) is 14.8. The highest BCUT2D eigenvalue weighted by molar-refractivity contribution is 5.42. The van der Waals surface area contributed by atoms with Gasteiger partial charge in [-0.2, -0.15) is 10.2 Å². The summed E-state index contributed by atoms with van der Waals surface area (Å²) in [6.45, 7) is 7.16. The largest absolute Gasteiger partial charge is 0.364 e. The number of hydrogen-bond donors (Lipinski definition) is 1. The molecule has 2 heterocycles. The molecule has 1 fully saturated rings. The molecular weight excluding hydrogens is 262 g/mol. The van der Waals surface area contributed by atoms with Gasteiger partial charge in [-0.1, -0.05) is 12.8 Å². The van der Waals surface area contributed by atoms with Gasteiger partial charge in [-0.15, -0.1) is 0 Å². The molecule has 2 aromatic rings. The molecular formula is C16H25N5. The Balaban J connectivity index is 1.62.